The molecule has 0 aliphatic rings. The summed E-state index contributed by atoms with van der Waals surface area (Å²) < 4.78 is 5.36. The number of aromatic hydroxyl groups is 1. The largest absolute Gasteiger partial charge is 0.504 e. The smallest absolute Gasteiger partial charge is 0.270 e. The molecule has 0 fully saturated rings. The molecular weight excluding hydrogens is 378 g/mol. The number of rotatable bonds is 6. The standard InChI is InChI=1S/C20H15N3O4S/c1-2-27-19-9-13(6-7-18(19)24)8-15(11-21)20-22-17(12-28-20)14-4-3-5-16(10-14)23(25)26/h3-10,12,24H,2H2,1H3/b15-8+. The van der Waals surface area contributed by atoms with Crippen molar-refractivity contribution in [2.45, 2.75) is 6.92 Å². The van der Waals surface area contributed by atoms with E-state index in [1.54, 1.807) is 35.7 Å². The van der Waals surface area contributed by atoms with Crippen LogP contribution in [-0.4, -0.2) is 21.6 Å². The fourth-order valence-electron chi connectivity index (χ4n) is 2.51. The van der Waals surface area contributed by atoms with Crippen LogP contribution in [0.3, 0.4) is 0 Å². The van der Waals surface area contributed by atoms with Crippen molar-refractivity contribution in [3.63, 3.8) is 0 Å². The average molecular weight is 393 g/mol. The van der Waals surface area contributed by atoms with Gasteiger partial charge in [-0.05, 0) is 30.7 Å². The van der Waals surface area contributed by atoms with Gasteiger partial charge in [-0.25, -0.2) is 4.98 Å². The van der Waals surface area contributed by atoms with E-state index in [0.29, 0.717) is 39.8 Å². The van der Waals surface area contributed by atoms with Crippen LogP contribution in [-0.2, 0) is 0 Å². The normalized spacial score (nSPS) is 11.1. The number of allylic oxidation sites excluding steroid dienone is 1. The highest BCUT2D eigenvalue weighted by molar-refractivity contribution is 7.11. The molecule has 1 aromatic heterocycles. The van der Waals surface area contributed by atoms with Crippen molar-refractivity contribution in [2.24, 2.45) is 0 Å². The summed E-state index contributed by atoms with van der Waals surface area (Å²) in [6.07, 6.45) is 1.65. The molecule has 0 aliphatic heterocycles. The fraction of sp³-hybridized carbons (Fsp3) is 0.100. The Morgan fingerprint density at radius 1 is 1.39 bits per heavy atom. The van der Waals surface area contributed by atoms with Crippen LogP contribution >= 0.6 is 11.3 Å². The second-order valence-corrected chi connectivity index (χ2v) is 6.53. The van der Waals surface area contributed by atoms with Crippen LogP contribution in [0.5, 0.6) is 11.5 Å². The minimum atomic E-state index is -0.460. The second-order valence-electron chi connectivity index (χ2n) is 5.68. The number of hydrogen-bond donors (Lipinski definition) is 1. The Morgan fingerprint density at radius 2 is 2.21 bits per heavy atom. The van der Waals surface area contributed by atoms with Gasteiger partial charge in [0.15, 0.2) is 11.5 Å². The van der Waals surface area contributed by atoms with E-state index in [1.165, 1.54) is 29.5 Å². The number of phenolic OH excluding ortho intramolecular Hbond substituents is 1. The van der Waals surface area contributed by atoms with E-state index in [1.807, 2.05) is 6.92 Å². The summed E-state index contributed by atoms with van der Waals surface area (Å²) in [5.41, 5.74) is 2.18. The number of non-ortho nitro benzene ring substituents is 1. The van der Waals surface area contributed by atoms with Gasteiger partial charge >= 0.3 is 0 Å². The monoisotopic (exact) mass is 393 g/mol. The first-order chi connectivity index (χ1) is 13.5. The first kappa shape index (κ1) is 19.1. The average Bonchev–Trinajstić information content (AvgIpc) is 3.19. The number of aromatic nitrogens is 1. The van der Waals surface area contributed by atoms with Crippen molar-refractivity contribution in [3.05, 3.63) is 68.5 Å². The Morgan fingerprint density at radius 3 is 2.93 bits per heavy atom. The van der Waals surface area contributed by atoms with Crippen molar-refractivity contribution in [1.29, 1.82) is 5.26 Å². The molecule has 2 aromatic carbocycles. The van der Waals surface area contributed by atoms with Gasteiger partial charge in [0.05, 0.1) is 22.8 Å². The Labute approximate surface area is 164 Å². The minimum Gasteiger partial charge on any atom is -0.504 e. The number of nitriles is 1. The molecule has 7 nitrogen and oxygen atoms in total. The van der Waals surface area contributed by atoms with Gasteiger partial charge < -0.3 is 9.84 Å². The molecule has 0 saturated heterocycles. The number of phenols is 1. The van der Waals surface area contributed by atoms with E-state index < -0.39 is 4.92 Å². The van der Waals surface area contributed by atoms with Gasteiger partial charge in [-0.15, -0.1) is 11.3 Å². The maximum atomic E-state index is 11.0. The third-order valence-corrected chi connectivity index (χ3v) is 4.68. The van der Waals surface area contributed by atoms with Crippen LogP contribution in [0.25, 0.3) is 22.9 Å². The zero-order chi connectivity index (χ0) is 20.1. The molecule has 3 aromatic rings. The zero-order valence-electron chi connectivity index (χ0n) is 14.8. The fourth-order valence-corrected chi connectivity index (χ4v) is 3.30. The molecule has 0 bridgehead atoms. The van der Waals surface area contributed by atoms with E-state index in [9.17, 15) is 20.5 Å². The Hall–Kier alpha value is -3.70. The molecule has 0 saturated carbocycles. The van der Waals surface area contributed by atoms with Crippen molar-refractivity contribution >= 4 is 28.7 Å². The van der Waals surface area contributed by atoms with Gasteiger partial charge in [0.2, 0.25) is 0 Å². The van der Waals surface area contributed by atoms with Crippen LogP contribution in [0.2, 0.25) is 0 Å². The van der Waals surface area contributed by atoms with E-state index in [-0.39, 0.29) is 11.4 Å². The first-order valence-corrected chi connectivity index (χ1v) is 9.18. The van der Waals surface area contributed by atoms with Gasteiger partial charge in [-0.2, -0.15) is 5.26 Å². The van der Waals surface area contributed by atoms with Crippen LogP contribution in [0.4, 0.5) is 5.69 Å². The first-order valence-electron chi connectivity index (χ1n) is 8.30. The molecule has 0 amide bonds. The summed E-state index contributed by atoms with van der Waals surface area (Å²) in [7, 11) is 0. The van der Waals surface area contributed by atoms with Crippen molar-refractivity contribution in [3.8, 4) is 28.8 Å². The third-order valence-electron chi connectivity index (χ3n) is 3.80. The number of nitrogens with zero attached hydrogens (tertiary/aromatic N) is 3. The van der Waals surface area contributed by atoms with Crippen LogP contribution in [0, 0.1) is 21.4 Å². The predicted molar refractivity (Wildman–Crippen MR) is 107 cm³/mol. The van der Waals surface area contributed by atoms with Gasteiger partial charge in [0, 0.05) is 23.1 Å². The molecular formula is C20H15N3O4S. The lowest BCUT2D eigenvalue weighted by atomic mass is 10.1. The maximum Gasteiger partial charge on any atom is 0.270 e. The summed E-state index contributed by atoms with van der Waals surface area (Å²) in [5, 5.41) is 32.5. The molecule has 8 heteroatoms. The van der Waals surface area contributed by atoms with Gasteiger partial charge in [-0.1, -0.05) is 18.2 Å². The highest BCUT2D eigenvalue weighted by atomic mass is 32.1. The highest BCUT2D eigenvalue weighted by Gasteiger charge is 2.12. The molecule has 28 heavy (non-hydrogen) atoms. The molecule has 1 heterocycles. The number of nitro groups is 1. The van der Waals surface area contributed by atoms with Crippen molar-refractivity contribution in [1.82, 2.24) is 4.98 Å². The van der Waals surface area contributed by atoms with Gasteiger partial charge in [0.1, 0.15) is 11.1 Å². The van der Waals surface area contributed by atoms with Gasteiger partial charge in [-0.3, -0.25) is 10.1 Å². The molecule has 0 aliphatic carbocycles. The molecule has 0 unspecified atom stereocenters. The molecule has 1 N–H and O–H groups in total. The molecule has 140 valence electrons. The molecule has 0 radical (unpaired) electrons. The zero-order valence-corrected chi connectivity index (χ0v) is 15.6. The summed E-state index contributed by atoms with van der Waals surface area (Å²) in [5.74, 6) is 0.365. The van der Waals surface area contributed by atoms with Crippen molar-refractivity contribution < 1.29 is 14.8 Å². The highest BCUT2D eigenvalue weighted by Crippen LogP contribution is 2.31. The quantitative estimate of drug-likeness (QED) is 0.363. The Balaban J connectivity index is 1.94. The summed E-state index contributed by atoms with van der Waals surface area (Å²) in [4.78, 5) is 14.9. The molecule has 0 atom stereocenters. The number of hydrogen-bond acceptors (Lipinski definition) is 7. The Bertz CT molecular complexity index is 1100. The Kier molecular flexibility index (Phi) is 5.67. The SMILES string of the molecule is CCOc1cc(/C=C(\C#N)c2nc(-c3cccc([N+](=O)[O-])c3)cs2)ccc1O. The molecule has 3 rings (SSSR count). The number of benzene rings is 2. The van der Waals surface area contributed by atoms with Crippen molar-refractivity contribution in [2.75, 3.05) is 6.61 Å². The lowest BCUT2D eigenvalue weighted by Crippen LogP contribution is -1.92. The number of ether oxygens (including phenoxy) is 1. The van der Waals surface area contributed by atoms with Crippen LogP contribution in [0.1, 0.15) is 17.5 Å². The number of thiazole rings is 1. The second kappa shape index (κ2) is 8.33. The molecule has 0 spiro atoms. The van der Waals surface area contributed by atoms with Crippen LogP contribution in [0.15, 0.2) is 47.8 Å². The van der Waals surface area contributed by atoms with E-state index >= 15 is 0 Å². The van der Waals surface area contributed by atoms with Crippen LogP contribution < -0.4 is 4.74 Å². The minimum absolute atomic E-state index is 0.0179. The third kappa shape index (κ3) is 4.16. The van der Waals surface area contributed by atoms with Gasteiger partial charge in [0.25, 0.3) is 5.69 Å². The lowest BCUT2D eigenvalue weighted by Gasteiger charge is -2.06. The van der Waals surface area contributed by atoms with E-state index in [0.717, 1.165) is 0 Å². The topological polar surface area (TPSA) is 109 Å². The predicted octanol–water partition coefficient (Wildman–Crippen LogP) is 4.89. The summed E-state index contributed by atoms with van der Waals surface area (Å²) in [6.45, 7) is 2.22. The maximum absolute atomic E-state index is 11.0. The summed E-state index contributed by atoms with van der Waals surface area (Å²) in [6, 6.07) is 13.1. The summed E-state index contributed by atoms with van der Waals surface area (Å²) >= 11 is 1.28. The lowest BCUT2D eigenvalue weighted by molar-refractivity contribution is -0.384. The number of nitro benzene ring substituents is 1. The van der Waals surface area contributed by atoms with E-state index in [4.69, 9.17) is 4.74 Å². The van der Waals surface area contributed by atoms with E-state index in [2.05, 4.69) is 11.1 Å².